The maximum atomic E-state index is 13.3. The second kappa shape index (κ2) is 7.52. The summed E-state index contributed by atoms with van der Waals surface area (Å²) < 4.78 is 31.3. The minimum atomic E-state index is -0.939. The molecule has 1 N–H and O–H groups in total. The molecule has 1 amide bonds. The number of aryl methyl sites for hydroxylation is 1. The first-order valence-electron chi connectivity index (χ1n) is 7.62. The van der Waals surface area contributed by atoms with E-state index in [2.05, 4.69) is 15.5 Å². The summed E-state index contributed by atoms with van der Waals surface area (Å²) in [7, 11) is 0. The Kier molecular flexibility index (Phi) is 5.18. The van der Waals surface area contributed by atoms with Gasteiger partial charge in [-0.25, -0.2) is 8.78 Å². The fraction of sp³-hybridized carbons (Fsp3) is 0.235. The van der Waals surface area contributed by atoms with Crippen LogP contribution in [0.2, 0.25) is 0 Å². The summed E-state index contributed by atoms with van der Waals surface area (Å²) in [4.78, 5) is 16.3. The van der Waals surface area contributed by atoms with Gasteiger partial charge in [0.25, 0.3) is 0 Å². The van der Waals surface area contributed by atoms with E-state index in [0.717, 1.165) is 17.7 Å². The Labute approximate surface area is 146 Å². The van der Waals surface area contributed by atoms with Crippen molar-refractivity contribution in [2.75, 3.05) is 0 Å². The Morgan fingerprint density at radius 2 is 2.16 bits per heavy atom. The fourth-order valence-electron chi connectivity index (χ4n) is 2.26. The highest BCUT2D eigenvalue weighted by Crippen LogP contribution is 2.19. The van der Waals surface area contributed by atoms with Crippen molar-refractivity contribution in [1.29, 1.82) is 0 Å². The number of amides is 1. The number of aromatic nitrogens is 2. The van der Waals surface area contributed by atoms with Gasteiger partial charge in [0, 0.05) is 23.8 Å². The van der Waals surface area contributed by atoms with E-state index in [4.69, 9.17) is 4.52 Å². The first kappa shape index (κ1) is 17.2. The maximum Gasteiger partial charge on any atom is 0.227 e. The van der Waals surface area contributed by atoms with Crippen molar-refractivity contribution in [3.63, 3.8) is 0 Å². The van der Waals surface area contributed by atoms with Crippen molar-refractivity contribution in [1.82, 2.24) is 15.5 Å². The molecule has 0 aliphatic rings. The molecule has 25 heavy (non-hydrogen) atoms. The molecule has 0 saturated heterocycles. The van der Waals surface area contributed by atoms with Gasteiger partial charge in [-0.3, -0.25) is 4.79 Å². The number of carbonyl (C=O) groups excluding carboxylic acids is 1. The number of carbonyl (C=O) groups is 1. The molecule has 0 radical (unpaired) electrons. The number of nitrogens with zero attached hydrogens (tertiary/aromatic N) is 2. The van der Waals surface area contributed by atoms with Crippen LogP contribution in [0.25, 0.3) is 11.4 Å². The van der Waals surface area contributed by atoms with Crippen LogP contribution < -0.4 is 5.32 Å². The molecule has 0 aliphatic heterocycles. The van der Waals surface area contributed by atoms with Gasteiger partial charge in [0.2, 0.25) is 17.6 Å². The average molecular weight is 363 g/mol. The number of hydrogen-bond acceptors (Lipinski definition) is 5. The minimum Gasteiger partial charge on any atom is -0.350 e. The zero-order chi connectivity index (χ0) is 17.8. The molecule has 130 valence electrons. The van der Waals surface area contributed by atoms with Gasteiger partial charge in [0.1, 0.15) is 0 Å². The Hall–Kier alpha value is -2.61. The summed E-state index contributed by atoms with van der Waals surface area (Å²) in [5, 5.41) is 10.4. The van der Waals surface area contributed by atoms with E-state index in [1.54, 1.807) is 6.92 Å². The second-order valence-electron chi connectivity index (χ2n) is 5.49. The molecule has 2 aromatic heterocycles. The van der Waals surface area contributed by atoms with Gasteiger partial charge in [-0.15, -0.1) is 0 Å². The predicted molar refractivity (Wildman–Crippen MR) is 88.8 cm³/mol. The topological polar surface area (TPSA) is 68.0 Å². The maximum absolute atomic E-state index is 13.3. The molecule has 1 atom stereocenters. The number of benzene rings is 1. The Morgan fingerprint density at radius 1 is 1.32 bits per heavy atom. The lowest BCUT2D eigenvalue weighted by molar-refractivity contribution is -0.121. The standard InChI is InChI=1S/C17H15F2N3O2S/c1-10(11-2-3-13(18)14(19)8-11)20-15(23)4-5-16-21-17(22-24-16)12-6-7-25-9-12/h2-3,6-10H,4-5H2,1H3,(H,20,23). The van der Waals surface area contributed by atoms with Crippen LogP contribution in [-0.2, 0) is 11.2 Å². The summed E-state index contributed by atoms with van der Waals surface area (Å²) in [5.41, 5.74) is 1.36. The van der Waals surface area contributed by atoms with E-state index >= 15 is 0 Å². The van der Waals surface area contributed by atoms with E-state index in [1.165, 1.54) is 17.4 Å². The van der Waals surface area contributed by atoms with Gasteiger partial charge in [0.05, 0.1) is 6.04 Å². The lowest BCUT2D eigenvalue weighted by Crippen LogP contribution is -2.27. The molecule has 0 saturated carbocycles. The molecule has 3 rings (SSSR count). The summed E-state index contributed by atoms with van der Waals surface area (Å²) in [6.45, 7) is 1.70. The second-order valence-corrected chi connectivity index (χ2v) is 6.27. The zero-order valence-electron chi connectivity index (χ0n) is 13.3. The molecule has 0 aliphatic carbocycles. The van der Waals surface area contributed by atoms with Gasteiger partial charge in [-0.1, -0.05) is 11.2 Å². The fourth-order valence-corrected chi connectivity index (χ4v) is 2.90. The smallest absolute Gasteiger partial charge is 0.227 e. The van der Waals surface area contributed by atoms with Crippen LogP contribution in [0.4, 0.5) is 8.78 Å². The Morgan fingerprint density at radius 3 is 2.88 bits per heavy atom. The highest BCUT2D eigenvalue weighted by Gasteiger charge is 2.14. The molecule has 0 fully saturated rings. The van der Waals surface area contributed by atoms with Crippen molar-refractivity contribution in [2.24, 2.45) is 0 Å². The van der Waals surface area contributed by atoms with Crippen molar-refractivity contribution in [3.8, 4) is 11.4 Å². The summed E-state index contributed by atoms with van der Waals surface area (Å²) in [6.07, 6.45) is 0.451. The van der Waals surface area contributed by atoms with Crippen molar-refractivity contribution in [3.05, 3.63) is 58.1 Å². The van der Waals surface area contributed by atoms with Gasteiger partial charge in [-0.2, -0.15) is 16.3 Å². The first-order valence-corrected chi connectivity index (χ1v) is 8.56. The van der Waals surface area contributed by atoms with E-state index in [0.29, 0.717) is 23.7 Å². The zero-order valence-corrected chi connectivity index (χ0v) is 14.1. The molecule has 5 nitrogen and oxygen atoms in total. The quantitative estimate of drug-likeness (QED) is 0.721. The van der Waals surface area contributed by atoms with E-state index in [9.17, 15) is 13.6 Å². The van der Waals surface area contributed by atoms with Crippen LogP contribution in [0, 0.1) is 11.6 Å². The summed E-state index contributed by atoms with van der Waals surface area (Å²) >= 11 is 1.53. The van der Waals surface area contributed by atoms with Gasteiger partial charge < -0.3 is 9.84 Å². The van der Waals surface area contributed by atoms with Crippen LogP contribution in [-0.4, -0.2) is 16.0 Å². The normalized spacial score (nSPS) is 12.1. The predicted octanol–water partition coefficient (Wildman–Crippen LogP) is 3.89. The molecule has 8 heteroatoms. The third-order valence-electron chi connectivity index (χ3n) is 3.63. The average Bonchev–Trinajstić information content (AvgIpc) is 3.26. The Bertz CT molecular complexity index is 865. The number of thiophene rings is 1. The molecule has 3 aromatic rings. The van der Waals surface area contributed by atoms with Gasteiger partial charge >= 0.3 is 0 Å². The number of nitrogens with one attached hydrogen (secondary N) is 1. The molecule has 1 unspecified atom stereocenters. The van der Waals surface area contributed by atoms with Crippen molar-refractivity contribution in [2.45, 2.75) is 25.8 Å². The molecule has 0 spiro atoms. The van der Waals surface area contributed by atoms with Crippen molar-refractivity contribution < 1.29 is 18.1 Å². The lowest BCUT2D eigenvalue weighted by Gasteiger charge is -2.14. The van der Waals surface area contributed by atoms with Gasteiger partial charge in [0.15, 0.2) is 11.6 Å². The first-order chi connectivity index (χ1) is 12.0. The molecular formula is C17H15F2N3O2S. The number of rotatable bonds is 6. The lowest BCUT2D eigenvalue weighted by atomic mass is 10.1. The van der Waals surface area contributed by atoms with E-state index in [1.807, 2.05) is 16.8 Å². The third-order valence-corrected chi connectivity index (χ3v) is 4.32. The van der Waals surface area contributed by atoms with E-state index in [-0.39, 0.29) is 12.3 Å². The van der Waals surface area contributed by atoms with Crippen LogP contribution in [0.3, 0.4) is 0 Å². The highest BCUT2D eigenvalue weighted by atomic mass is 32.1. The van der Waals surface area contributed by atoms with Crippen LogP contribution >= 0.6 is 11.3 Å². The molecular weight excluding hydrogens is 348 g/mol. The molecule has 1 aromatic carbocycles. The monoisotopic (exact) mass is 363 g/mol. The summed E-state index contributed by atoms with van der Waals surface area (Å²) in [6, 6.07) is 5.00. The molecule has 0 bridgehead atoms. The Balaban J connectivity index is 1.53. The van der Waals surface area contributed by atoms with Crippen molar-refractivity contribution >= 4 is 17.2 Å². The summed E-state index contributed by atoms with van der Waals surface area (Å²) in [5.74, 6) is -1.23. The van der Waals surface area contributed by atoms with Gasteiger partial charge in [-0.05, 0) is 36.1 Å². The molecule has 2 heterocycles. The largest absolute Gasteiger partial charge is 0.350 e. The third kappa shape index (κ3) is 4.27. The highest BCUT2D eigenvalue weighted by molar-refractivity contribution is 7.08. The minimum absolute atomic E-state index is 0.152. The number of hydrogen-bond donors (Lipinski definition) is 1. The van der Waals surface area contributed by atoms with E-state index < -0.39 is 17.7 Å². The van der Waals surface area contributed by atoms with Crippen LogP contribution in [0.1, 0.15) is 30.8 Å². The van der Waals surface area contributed by atoms with Crippen LogP contribution in [0.5, 0.6) is 0 Å². The number of halogens is 2. The SMILES string of the molecule is CC(NC(=O)CCc1nc(-c2ccsc2)no1)c1ccc(F)c(F)c1. The van der Waals surface area contributed by atoms with Crippen LogP contribution in [0.15, 0.2) is 39.5 Å².